The van der Waals surface area contributed by atoms with Crippen molar-refractivity contribution in [1.82, 2.24) is 15.0 Å². The van der Waals surface area contributed by atoms with Crippen LogP contribution >= 0.6 is 11.6 Å². The van der Waals surface area contributed by atoms with Gasteiger partial charge in [-0.2, -0.15) is 0 Å². The van der Waals surface area contributed by atoms with E-state index in [2.05, 4.69) is 20.9 Å². The highest BCUT2D eigenvalue weighted by Gasteiger charge is 2.19. The second kappa shape index (κ2) is 8.18. The van der Waals surface area contributed by atoms with Gasteiger partial charge in [-0.15, -0.1) is 5.10 Å². The smallest absolute Gasteiger partial charge is 0.278 e. The van der Waals surface area contributed by atoms with Gasteiger partial charge in [0.2, 0.25) is 5.91 Å². The lowest BCUT2D eigenvalue weighted by Gasteiger charge is -2.08. The van der Waals surface area contributed by atoms with Crippen molar-refractivity contribution >= 4 is 34.8 Å². The van der Waals surface area contributed by atoms with Gasteiger partial charge in [-0.3, -0.25) is 9.59 Å². The Bertz CT molecular complexity index is 1030. The summed E-state index contributed by atoms with van der Waals surface area (Å²) in [7, 11) is 0. The quantitative estimate of drug-likeness (QED) is 0.683. The van der Waals surface area contributed by atoms with Gasteiger partial charge < -0.3 is 10.6 Å². The van der Waals surface area contributed by atoms with Crippen LogP contribution in [0.15, 0.2) is 42.5 Å². The molecule has 0 fully saturated rings. The summed E-state index contributed by atoms with van der Waals surface area (Å²) in [6, 6.07) is 10.6. The maximum atomic E-state index is 12.9. The molecule has 144 valence electrons. The Hall–Kier alpha value is -3.26. The summed E-state index contributed by atoms with van der Waals surface area (Å²) >= 11 is 5.97. The van der Waals surface area contributed by atoms with Crippen LogP contribution in [0.25, 0.3) is 0 Å². The second-order valence-corrected chi connectivity index (χ2v) is 6.59. The van der Waals surface area contributed by atoms with E-state index in [-0.39, 0.29) is 18.1 Å². The van der Waals surface area contributed by atoms with E-state index in [0.29, 0.717) is 22.1 Å². The molecule has 3 aromatic rings. The fraction of sp³-hybridized carbons (Fsp3) is 0.158. The largest absolute Gasteiger partial charge is 0.324 e. The van der Waals surface area contributed by atoms with E-state index in [1.54, 1.807) is 25.1 Å². The molecular formula is C19H17ClFN5O2. The third-order valence-electron chi connectivity index (χ3n) is 4.07. The molecule has 3 rings (SSSR count). The Morgan fingerprint density at radius 1 is 1.11 bits per heavy atom. The molecule has 0 aliphatic rings. The van der Waals surface area contributed by atoms with Crippen LogP contribution in [0.3, 0.4) is 0 Å². The number of aromatic nitrogens is 3. The first-order valence-corrected chi connectivity index (χ1v) is 8.74. The van der Waals surface area contributed by atoms with Gasteiger partial charge in [-0.1, -0.05) is 22.9 Å². The molecule has 0 aliphatic carbocycles. The summed E-state index contributed by atoms with van der Waals surface area (Å²) in [5.74, 6) is -1.22. The van der Waals surface area contributed by atoms with Crippen LogP contribution in [-0.4, -0.2) is 26.8 Å². The van der Waals surface area contributed by atoms with E-state index in [0.717, 1.165) is 5.56 Å². The Labute approximate surface area is 165 Å². The predicted molar refractivity (Wildman–Crippen MR) is 104 cm³/mol. The average Bonchev–Trinajstić information content (AvgIpc) is 3.00. The van der Waals surface area contributed by atoms with Crippen molar-refractivity contribution in [2.45, 2.75) is 20.4 Å². The molecule has 0 saturated carbocycles. The lowest BCUT2D eigenvalue weighted by Crippen LogP contribution is -2.21. The van der Waals surface area contributed by atoms with Crippen LogP contribution in [0, 0.1) is 19.7 Å². The fourth-order valence-electron chi connectivity index (χ4n) is 2.50. The van der Waals surface area contributed by atoms with E-state index >= 15 is 0 Å². The first-order chi connectivity index (χ1) is 13.3. The molecule has 9 heteroatoms. The summed E-state index contributed by atoms with van der Waals surface area (Å²) in [4.78, 5) is 24.7. The molecule has 0 spiro atoms. The standard InChI is InChI=1S/C19H17ClFN5O2/c1-11-3-4-13(20)9-16(11)23-19(28)18-12(2)26(25-24-18)10-17(27)22-15-7-5-14(21)6-8-15/h3-9H,10H2,1-2H3,(H,22,27)(H,23,28). The van der Waals surface area contributed by atoms with Gasteiger partial charge in [-0.05, 0) is 55.8 Å². The van der Waals surface area contributed by atoms with Gasteiger partial charge in [0.25, 0.3) is 5.91 Å². The van der Waals surface area contributed by atoms with E-state index in [1.165, 1.54) is 28.9 Å². The molecule has 1 aromatic heterocycles. The highest BCUT2D eigenvalue weighted by atomic mass is 35.5. The number of rotatable bonds is 5. The van der Waals surface area contributed by atoms with E-state index in [4.69, 9.17) is 11.6 Å². The zero-order chi connectivity index (χ0) is 20.3. The maximum Gasteiger partial charge on any atom is 0.278 e. The number of amides is 2. The van der Waals surface area contributed by atoms with Crippen molar-refractivity contribution < 1.29 is 14.0 Å². The summed E-state index contributed by atoms with van der Waals surface area (Å²) in [5, 5.41) is 13.6. The molecular weight excluding hydrogens is 385 g/mol. The van der Waals surface area contributed by atoms with Gasteiger partial charge in [0, 0.05) is 16.4 Å². The van der Waals surface area contributed by atoms with Crippen LogP contribution in [0.1, 0.15) is 21.7 Å². The molecule has 2 N–H and O–H groups in total. The number of aryl methyl sites for hydroxylation is 1. The molecule has 0 saturated heterocycles. The van der Waals surface area contributed by atoms with Gasteiger partial charge in [-0.25, -0.2) is 9.07 Å². The Morgan fingerprint density at radius 3 is 2.54 bits per heavy atom. The third-order valence-corrected chi connectivity index (χ3v) is 4.30. The molecule has 2 amide bonds. The summed E-state index contributed by atoms with van der Waals surface area (Å²) in [6.07, 6.45) is 0. The number of nitrogens with zero attached hydrogens (tertiary/aromatic N) is 3. The van der Waals surface area contributed by atoms with Crippen LogP contribution in [0.5, 0.6) is 0 Å². The van der Waals surface area contributed by atoms with Crippen LogP contribution < -0.4 is 10.6 Å². The Morgan fingerprint density at radius 2 is 1.82 bits per heavy atom. The fourth-order valence-corrected chi connectivity index (χ4v) is 2.67. The average molecular weight is 402 g/mol. The maximum absolute atomic E-state index is 12.9. The van der Waals surface area contributed by atoms with E-state index < -0.39 is 11.7 Å². The first-order valence-electron chi connectivity index (χ1n) is 8.36. The molecule has 0 aliphatic heterocycles. The molecule has 7 nitrogen and oxygen atoms in total. The van der Waals surface area contributed by atoms with Crippen molar-refractivity contribution in [3.63, 3.8) is 0 Å². The number of hydrogen-bond acceptors (Lipinski definition) is 4. The highest BCUT2D eigenvalue weighted by molar-refractivity contribution is 6.31. The van der Waals surface area contributed by atoms with Gasteiger partial charge in [0.05, 0.1) is 5.69 Å². The SMILES string of the molecule is Cc1ccc(Cl)cc1NC(=O)c1nnn(CC(=O)Nc2ccc(F)cc2)c1C. The number of carbonyl (C=O) groups excluding carboxylic acids is 2. The summed E-state index contributed by atoms with van der Waals surface area (Å²) in [6.45, 7) is 3.35. The van der Waals surface area contributed by atoms with Gasteiger partial charge in [0.15, 0.2) is 5.69 Å². The number of halogens is 2. The molecule has 28 heavy (non-hydrogen) atoms. The minimum absolute atomic E-state index is 0.106. The zero-order valence-corrected chi connectivity index (χ0v) is 15.9. The molecule has 1 heterocycles. The van der Waals surface area contributed by atoms with E-state index in [1.807, 2.05) is 6.92 Å². The predicted octanol–water partition coefficient (Wildman–Crippen LogP) is 3.58. The van der Waals surface area contributed by atoms with Crippen LogP contribution in [0.2, 0.25) is 5.02 Å². The Balaban J connectivity index is 1.69. The molecule has 0 bridgehead atoms. The van der Waals surface area contributed by atoms with Crippen LogP contribution in [0.4, 0.5) is 15.8 Å². The van der Waals surface area contributed by atoms with Crippen molar-refractivity contribution in [2.75, 3.05) is 10.6 Å². The summed E-state index contributed by atoms with van der Waals surface area (Å²) in [5.41, 5.74) is 2.42. The van der Waals surface area contributed by atoms with Crippen LogP contribution in [-0.2, 0) is 11.3 Å². The summed E-state index contributed by atoms with van der Waals surface area (Å²) < 4.78 is 14.2. The number of hydrogen-bond donors (Lipinski definition) is 2. The molecule has 0 atom stereocenters. The minimum atomic E-state index is -0.451. The van der Waals surface area contributed by atoms with E-state index in [9.17, 15) is 14.0 Å². The van der Waals surface area contributed by atoms with Gasteiger partial charge in [0.1, 0.15) is 12.4 Å². The van der Waals surface area contributed by atoms with Crippen molar-refractivity contribution in [2.24, 2.45) is 0 Å². The Kier molecular flexibility index (Phi) is 5.70. The lowest BCUT2D eigenvalue weighted by atomic mass is 10.2. The number of benzene rings is 2. The normalized spacial score (nSPS) is 10.6. The molecule has 2 aromatic carbocycles. The van der Waals surface area contributed by atoms with Crippen molar-refractivity contribution in [3.05, 3.63) is 70.3 Å². The minimum Gasteiger partial charge on any atom is -0.324 e. The highest BCUT2D eigenvalue weighted by Crippen LogP contribution is 2.21. The lowest BCUT2D eigenvalue weighted by molar-refractivity contribution is -0.117. The third kappa shape index (κ3) is 4.52. The molecule has 0 radical (unpaired) electrons. The van der Waals surface area contributed by atoms with Crippen molar-refractivity contribution in [3.8, 4) is 0 Å². The number of anilines is 2. The first kappa shape index (κ1) is 19.5. The monoisotopic (exact) mass is 401 g/mol. The molecule has 0 unspecified atom stereocenters. The van der Waals surface area contributed by atoms with Crippen molar-refractivity contribution in [1.29, 1.82) is 0 Å². The number of carbonyl (C=O) groups is 2. The zero-order valence-electron chi connectivity index (χ0n) is 15.2. The topological polar surface area (TPSA) is 88.9 Å². The second-order valence-electron chi connectivity index (χ2n) is 6.15. The number of nitrogens with one attached hydrogen (secondary N) is 2. The van der Waals surface area contributed by atoms with Gasteiger partial charge >= 0.3 is 0 Å².